The second-order valence-electron chi connectivity index (χ2n) is 8.85. The molecule has 2 aliphatic rings. The third kappa shape index (κ3) is 3.64. The molecule has 1 N–H and O–H groups in total. The third-order valence-electron chi connectivity index (χ3n) is 6.82. The van der Waals surface area contributed by atoms with Crippen molar-refractivity contribution in [1.29, 1.82) is 0 Å². The maximum Gasteiger partial charge on any atom is 0.272 e. The summed E-state index contributed by atoms with van der Waals surface area (Å²) in [6.07, 6.45) is 1.65. The van der Waals surface area contributed by atoms with Crippen LogP contribution in [-0.4, -0.2) is 59.2 Å². The maximum absolute atomic E-state index is 13.2. The predicted octanol–water partition coefficient (Wildman–Crippen LogP) is 2.43. The average Bonchev–Trinajstić information content (AvgIpc) is 3.41. The van der Waals surface area contributed by atoms with E-state index < -0.39 is 0 Å². The smallest absolute Gasteiger partial charge is 0.272 e. The lowest BCUT2D eigenvalue weighted by Crippen LogP contribution is -2.62. The molecule has 1 atom stereocenters. The van der Waals surface area contributed by atoms with E-state index >= 15 is 0 Å². The molecule has 3 heterocycles. The van der Waals surface area contributed by atoms with Gasteiger partial charge in [-0.2, -0.15) is 5.10 Å². The monoisotopic (exact) mass is 429 g/mol. The van der Waals surface area contributed by atoms with Crippen LogP contribution in [0.25, 0.3) is 0 Å². The molecule has 1 aromatic heterocycles. The summed E-state index contributed by atoms with van der Waals surface area (Å²) in [6, 6.07) is 21.4. The van der Waals surface area contributed by atoms with Crippen molar-refractivity contribution in [3.05, 3.63) is 84.2 Å². The SMILES string of the molecule is Cn1nccc1C(=O)N1CC(CNC(=O)c2ccccc2)C2(C1)CN(c1ccccc1)C2. The molecule has 2 fully saturated rings. The van der Waals surface area contributed by atoms with Crippen LogP contribution in [0, 0.1) is 11.3 Å². The first-order valence-corrected chi connectivity index (χ1v) is 11.0. The first kappa shape index (κ1) is 20.3. The first-order chi connectivity index (χ1) is 15.6. The molecule has 7 heteroatoms. The van der Waals surface area contributed by atoms with Crippen molar-refractivity contribution in [3.8, 4) is 0 Å². The summed E-state index contributed by atoms with van der Waals surface area (Å²) in [5, 5.41) is 7.26. The van der Waals surface area contributed by atoms with Crippen molar-refractivity contribution >= 4 is 17.5 Å². The molecule has 1 spiro atoms. The Labute approximate surface area is 187 Å². The molecule has 3 aromatic rings. The lowest BCUT2D eigenvalue weighted by molar-refractivity contribution is 0.0750. The summed E-state index contributed by atoms with van der Waals surface area (Å²) < 4.78 is 1.62. The van der Waals surface area contributed by atoms with E-state index in [0.717, 1.165) is 13.1 Å². The second kappa shape index (κ2) is 8.15. The van der Waals surface area contributed by atoms with Gasteiger partial charge in [-0.25, -0.2) is 0 Å². The zero-order valence-electron chi connectivity index (χ0n) is 18.1. The van der Waals surface area contributed by atoms with E-state index in [-0.39, 0.29) is 23.1 Å². The third-order valence-corrected chi connectivity index (χ3v) is 6.82. The Hall–Kier alpha value is -3.61. The van der Waals surface area contributed by atoms with Crippen molar-refractivity contribution in [2.45, 2.75) is 0 Å². The van der Waals surface area contributed by atoms with E-state index in [0.29, 0.717) is 30.9 Å². The molecule has 2 amide bonds. The van der Waals surface area contributed by atoms with Crippen LogP contribution in [0.15, 0.2) is 72.9 Å². The van der Waals surface area contributed by atoms with Crippen LogP contribution >= 0.6 is 0 Å². The van der Waals surface area contributed by atoms with Crippen molar-refractivity contribution in [2.24, 2.45) is 18.4 Å². The molecule has 0 bridgehead atoms. The van der Waals surface area contributed by atoms with Gasteiger partial charge in [-0.3, -0.25) is 14.3 Å². The van der Waals surface area contributed by atoms with Crippen LogP contribution in [0.2, 0.25) is 0 Å². The minimum absolute atomic E-state index is 0.000535. The van der Waals surface area contributed by atoms with Crippen molar-refractivity contribution in [1.82, 2.24) is 20.0 Å². The van der Waals surface area contributed by atoms with Gasteiger partial charge in [0.2, 0.25) is 0 Å². The van der Waals surface area contributed by atoms with Crippen LogP contribution in [0.1, 0.15) is 20.8 Å². The van der Waals surface area contributed by atoms with E-state index in [1.165, 1.54) is 5.69 Å². The highest BCUT2D eigenvalue weighted by Crippen LogP contribution is 2.45. The Morgan fingerprint density at radius 1 is 1.00 bits per heavy atom. The van der Waals surface area contributed by atoms with Gasteiger partial charge in [0.25, 0.3) is 11.8 Å². The summed E-state index contributed by atoms with van der Waals surface area (Å²) in [7, 11) is 1.79. The number of para-hydroxylation sites is 1. The van der Waals surface area contributed by atoms with Crippen molar-refractivity contribution in [2.75, 3.05) is 37.6 Å². The molecule has 2 aliphatic heterocycles. The number of hydrogen-bond donors (Lipinski definition) is 1. The van der Waals surface area contributed by atoms with Crippen molar-refractivity contribution < 1.29 is 9.59 Å². The summed E-state index contributed by atoms with van der Waals surface area (Å²) >= 11 is 0. The average molecular weight is 430 g/mol. The summed E-state index contributed by atoms with van der Waals surface area (Å²) in [6.45, 7) is 3.61. The number of nitrogens with zero attached hydrogens (tertiary/aromatic N) is 4. The normalized spacial score (nSPS) is 19.1. The molecular formula is C25H27N5O2. The highest BCUT2D eigenvalue weighted by atomic mass is 16.2. The molecule has 0 aliphatic carbocycles. The van der Waals surface area contributed by atoms with Crippen molar-refractivity contribution in [3.63, 3.8) is 0 Å². The lowest BCUT2D eigenvalue weighted by atomic mass is 9.71. The van der Waals surface area contributed by atoms with Gasteiger partial charge in [0, 0.05) is 68.6 Å². The summed E-state index contributed by atoms with van der Waals surface area (Å²) in [5.41, 5.74) is 2.41. The van der Waals surface area contributed by atoms with Gasteiger partial charge in [0.15, 0.2) is 0 Å². The maximum atomic E-state index is 13.2. The molecule has 0 radical (unpaired) electrons. The highest BCUT2D eigenvalue weighted by molar-refractivity contribution is 5.94. The molecular weight excluding hydrogens is 402 g/mol. The number of carbonyl (C=O) groups excluding carboxylic acids is 2. The van der Waals surface area contributed by atoms with E-state index in [4.69, 9.17) is 0 Å². The topological polar surface area (TPSA) is 70.5 Å². The van der Waals surface area contributed by atoms with Gasteiger partial charge in [-0.1, -0.05) is 36.4 Å². The van der Waals surface area contributed by atoms with Crippen LogP contribution in [-0.2, 0) is 7.05 Å². The molecule has 2 saturated heterocycles. The largest absolute Gasteiger partial charge is 0.370 e. The van der Waals surface area contributed by atoms with Gasteiger partial charge < -0.3 is 15.1 Å². The van der Waals surface area contributed by atoms with Crippen LogP contribution < -0.4 is 10.2 Å². The second-order valence-corrected chi connectivity index (χ2v) is 8.85. The highest BCUT2D eigenvalue weighted by Gasteiger charge is 2.55. The van der Waals surface area contributed by atoms with E-state index in [1.807, 2.05) is 53.4 Å². The van der Waals surface area contributed by atoms with Gasteiger partial charge >= 0.3 is 0 Å². The number of likely N-dealkylation sites (tertiary alicyclic amines) is 1. The first-order valence-electron chi connectivity index (χ1n) is 11.0. The van der Waals surface area contributed by atoms with Crippen LogP contribution in [0.3, 0.4) is 0 Å². The van der Waals surface area contributed by atoms with E-state index in [1.54, 1.807) is 24.0 Å². The molecule has 7 nitrogen and oxygen atoms in total. The number of nitrogens with one attached hydrogen (secondary N) is 1. The number of hydrogen-bond acceptors (Lipinski definition) is 4. The number of rotatable bonds is 5. The van der Waals surface area contributed by atoms with Gasteiger partial charge in [-0.15, -0.1) is 0 Å². The van der Waals surface area contributed by atoms with Gasteiger partial charge in [0.1, 0.15) is 5.69 Å². The number of benzene rings is 2. The Kier molecular flexibility index (Phi) is 5.17. The number of carbonyl (C=O) groups is 2. The van der Waals surface area contributed by atoms with E-state index in [9.17, 15) is 9.59 Å². The molecule has 2 aromatic carbocycles. The minimum atomic E-state index is -0.0728. The predicted molar refractivity (Wildman–Crippen MR) is 122 cm³/mol. The van der Waals surface area contributed by atoms with Gasteiger partial charge in [0.05, 0.1) is 0 Å². The number of aryl methyl sites for hydroxylation is 1. The standard InChI is InChI=1S/C25H27N5O2/c1-28-22(12-13-27-28)24(32)29-15-20(14-26-23(31)19-8-4-2-5-9-19)25(16-29)17-30(18-25)21-10-6-3-7-11-21/h2-13,20H,14-18H2,1H3,(H,26,31). The Balaban J connectivity index is 1.32. The fraction of sp³-hybridized carbons (Fsp3) is 0.320. The minimum Gasteiger partial charge on any atom is -0.370 e. The summed E-state index contributed by atoms with van der Waals surface area (Å²) in [5.74, 6) is 0.114. The summed E-state index contributed by atoms with van der Waals surface area (Å²) in [4.78, 5) is 30.1. The lowest BCUT2D eigenvalue weighted by Gasteiger charge is -2.52. The Morgan fingerprint density at radius 2 is 1.69 bits per heavy atom. The zero-order chi connectivity index (χ0) is 22.1. The number of anilines is 1. The molecule has 164 valence electrons. The van der Waals surface area contributed by atoms with Gasteiger partial charge in [-0.05, 0) is 30.3 Å². The van der Waals surface area contributed by atoms with Crippen LogP contribution in [0.4, 0.5) is 5.69 Å². The number of amides is 2. The fourth-order valence-corrected chi connectivity index (χ4v) is 5.02. The van der Waals surface area contributed by atoms with Crippen LogP contribution in [0.5, 0.6) is 0 Å². The molecule has 0 saturated carbocycles. The number of aromatic nitrogens is 2. The quantitative estimate of drug-likeness (QED) is 0.676. The Morgan fingerprint density at radius 3 is 2.34 bits per heavy atom. The zero-order valence-corrected chi connectivity index (χ0v) is 18.1. The molecule has 1 unspecified atom stereocenters. The Bertz CT molecular complexity index is 1110. The molecule has 32 heavy (non-hydrogen) atoms. The fourth-order valence-electron chi connectivity index (χ4n) is 5.02. The van der Waals surface area contributed by atoms with E-state index in [2.05, 4.69) is 27.4 Å². The molecule has 5 rings (SSSR count).